The van der Waals surface area contributed by atoms with E-state index < -0.39 is 0 Å². The van der Waals surface area contributed by atoms with Crippen molar-refractivity contribution in [3.8, 4) is 0 Å². The average Bonchev–Trinajstić information content (AvgIpc) is 2.20. The molecule has 0 atom stereocenters. The van der Waals surface area contributed by atoms with Crippen LogP contribution in [-0.4, -0.2) is 17.3 Å². The molecule has 2 nitrogen and oxygen atoms in total. The molecule has 94 valence electrons. The van der Waals surface area contributed by atoms with Crippen LogP contribution in [0, 0.1) is 6.92 Å². The Morgan fingerprint density at radius 2 is 2.00 bits per heavy atom. The summed E-state index contributed by atoms with van der Waals surface area (Å²) in [5, 5.41) is 3.01. The molecule has 1 aromatic rings. The van der Waals surface area contributed by atoms with Crippen LogP contribution < -0.4 is 5.32 Å². The van der Waals surface area contributed by atoms with E-state index in [0.29, 0.717) is 12.3 Å². The molecule has 0 bridgehead atoms. The predicted molar refractivity (Wildman–Crippen MR) is 72.4 cm³/mol. The van der Waals surface area contributed by atoms with Gasteiger partial charge in [0.25, 0.3) is 0 Å². The maximum Gasteiger partial charge on any atom is 0.224 e. The van der Waals surface area contributed by atoms with Gasteiger partial charge in [-0.2, -0.15) is 0 Å². The molecule has 0 saturated heterocycles. The highest BCUT2D eigenvalue weighted by molar-refractivity contribution is 6.17. The molecule has 0 aliphatic rings. The van der Waals surface area contributed by atoms with E-state index in [1.165, 1.54) is 0 Å². The Bertz CT molecular complexity index is 388. The molecule has 1 aromatic carbocycles. The zero-order chi connectivity index (χ0) is 12.9. The summed E-state index contributed by atoms with van der Waals surface area (Å²) < 4.78 is 0. The fourth-order valence-electron chi connectivity index (χ4n) is 1.70. The number of carbonyl (C=O) groups excluding carboxylic acids is 1. The highest BCUT2D eigenvalue weighted by Crippen LogP contribution is 2.11. The second kappa shape index (κ2) is 6.06. The van der Waals surface area contributed by atoms with Crippen LogP contribution in [0.4, 0.5) is 0 Å². The van der Waals surface area contributed by atoms with Gasteiger partial charge in [-0.3, -0.25) is 4.79 Å². The van der Waals surface area contributed by atoms with Crippen molar-refractivity contribution in [1.29, 1.82) is 0 Å². The van der Waals surface area contributed by atoms with Gasteiger partial charge < -0.3 is 5.32 Å². The quantitative estimate of drug-likeness (QED) is 0.803. The predicted octanol–water partition coefficient (Wildman–Crippen LogP) is 3.06. The largest absolute Gasteiger partial charge is 0.351 e. The van der Waals surface area contributed by atoms with Crippen molar-refractivity contribution in [1.82, 2.24) is 5.32 Å². The lowest BCUT2D eigenvalue weighted by Gasteiger charge is -2.25. The minimum Gasteiger partial charge on any atom is -0.351 e. The third-order valence-electron chi connectivity index (χ3n) is 2.81. The van der Waals surface area contributed by atoms with E-state index in [1.54, 1.807) is 0 Å². The molecule has 3 heteroatoms. The third-order valence-corrected chi connectivity index (χ3v) is 3.00. The number of nitrogens with one attached hydrogen (secondary N) is 1. The van der Waals surface area contributed by atoms with Crippen molar-refractivity contribution in [3.63, 3.8) is 0 Å². The molecule has 0 fully saturated rings. The molecule has 1 rings (SSSR count). The van der Waals surface area contributed by atoms with E-state index in [-0.39, 0.29) is 11.4 Å². The van der Waals surface area contributed by atoms with E-state index >= 15 is 0 Å². The third kappa shape index (κ3) is 4.78. The number of alkyl halides is 1. The Hall–Kier alpha value is -1.02. The van der Waals surface area contributed by atoms with Crippen LogP contribution in [0.25, 0.3) is 0 Å². The Balaban J connectivity index is 2.59. The number of amides is 1. The lowest BCUT2D eigenvalue weighted by Crippen LogP contribution is -2.44. The lowest BCUT2D eigenvalue weighted by molar-refractivity contribution is -0.122. The van der Waals surface area contributed by atoms with Crippen LogP contribution in [0.3, 0.4) is 0 Å². The topological polar surface area (TPSA) is 29.1 Å². The summed E-state index contributed by atoms with van der Waals surface area (Å²) in [4.78, 5) is 11.9. The maximum atomic E-state index is 11.9. The first-order chi connectivity index (χ1) is 7.94. The summed E-state index contributed by atoms with van der Waals surface area (Å²) >= 11 is 5.70. The van der Waals surface area contributed by atoms with Crippen LogP contribution in [0.1, 0.15) is 31.4 Å². The summed E-state index contributed by atoms with van der Waals surface area (Å²) in [5.41, 5.74) is 1.99. The number of hydrogen-bond donors (Lipinski definition) is 1. The highest BCUT2D eigenvalue weighted by atomic mass is 35.5. The Labute approximate surface area is 108 Å². The summed E-state index contributed by atoms with van der Waals surface area (Å²) in [6.45, 7) is 6.00. The monoisotopic (exact) mass is 253 g/mol. The first-order valence-corrected chi connectivity index (χ1v) is 6.39. The van der Waals surface area contributed by atoms with Crippen LogP contribution >= 0.6 is 11.6 Å². The van der Waals surface area contributed by atoms with E-state index in [9.17, 15) is 4.79 Å². The van der Waals surface area contributed by atoms with Gasteiger partial charge in [-0.25, -0.2) is 0 Å². The van der Waals surface area contributed by atoms with Crippen LogP contribution in [-0.2, 0) is 11.2 Å². The molecule has 0 aliphatic heterocycles. The second-order valence-electron chi connectivity index (χ2n) is 4.97. The fourth-order valence-corrected chi connectivity index (χ4v) is 2.17. The minimum absolute atomic E-state index is 0.0504. The molecular formula is C14H20ClNO. The second-order valence-corrected chi connectivity index (χ2v) is 5.35. The van der Waals surface area contributed by atoms with E-state index in [1.807, 2.05) is 45.0 Å². The molecule has 1 amide bonds. The smallest absolute Gasteiger partial charge is 0.224 e. The van der Waals surface area contributed by atoms with Crippen molar-refractivity contribution >= 4 is 17.5 Å². The summed E-state index contributed by atoms with van der Waals surface area (Å²) in [6.07, 6.45) is 1.20. The SMILES string of the molecule is Cc1ccccc1CC(=O)NC(C)(C)CCCl. The van der Waals surface area contributed by atoms with Crippen LogP contribution in [0.2, 0.25) is 0 Å². The van der Waals surface area contributed by atoms with Crippen molar-refractivity contribution in [2.75, 3.05) is 5.88 Å². The van der Waals surface area contributed by atoms with Crippen LogP contribution in [0.15, 0.2) is 24.3 Å². The van der Waals surface area contributed by atoms with E-state index in [0.717, 1.165) is 17.5 Å². The Kier molecular flexibility index (Phi) is 5.01. The molecular weight excluding hydrogens is 234 g/mol. The summed E-state index contributed by atoms with van der Waals surface area (Å²) in [6, 6.07) is 7.95. The van der Waals surface area contributed by atoms with Gasteiger partial charge in [0.2, 0.25) is 5.91 Å². The molecule has 0 unspecified atom stereocenters. The first-order valence-electron chi connectivity index (χ1n) is 5.86. The minimum atomic E-state index is -0.235. The van der Waals surface area contributed by atoms with Gasteiger partial charge in [0.05, 0.1) is 6.42 Å². The molecule has 0 aromatic heterocycles. The summed E-state index contributed by atoms with van der Waals surface area (Å²) in [5.74, 6) is 0.604. The summed E-state index contributed by atoms with van der Waals surface area (Å²) in [7, 11) is 0. The maximum absolute atomic E-state index is 11.9. The van der Waals surface area contributed by atoms with Gasteiger partial charge in [-0.05, 0) is 38.3 Å². The number of carbonyl (C=O) groups is 1. The molecule has 0 saturated carbocycles. The molecule has 0 heterocycles. The number of halogens is 1. The molecule has 17 heavy (non-hydrogen) atoms. The van der Waals surface area contributed by atoms with E-state index in [2.05, 4.69) is 5.32 Å². The van der Waals surface area contributed by atoms with Gasteiger partial charge in [-0.1, -0.05) is 24.3 Å². The standard InChI is InChI=1S/C14H20ClNO/c1-11-6-4-5-7-12(11)10-13(17)16-14(2,3)8-9-15/h4-7H,8-10H2,1-3H3,(H,16,17). The number of benzene rings is 1. The Morgan fingerprint density at radius 3 is 2.59 bits per heavy atom. The zero-order valence-corrected chi connectivity index (χ0v) is 11.5. The van der Waals surface area contributed by atoms with Crippen molar-refractivity contribution in [2.24, 2.45) is 0 Å². The number of rotatable bonds is 5. The molecule has 0 aliphatic carbocycles. The van der Waals surface area contributed by atoms with Gasteiger partial charge in [0, 0.05) is 11.4 Å². The van der Waals surface area contributed by atoms with Crippen molar-refractivity contribution in [3.05, 3.63) is 35.4 Å². The van der Waals surface area contributed by atoms with Gasteiger partial charge in [0.15, 0.2) is 0 Å². The molecule has 1 N–H and O–H groups in total. The van der Waals surface area contributed by atoms with E-state index in [4.69, 9.17) is 11.6 Å². The van der Waals surface area contributed by atoms with Crippen molar-refractivity contribution < 1.29 is 4.79 Å². The normalized spacial score (nSPS) is 11.3. The average molecular weight is 254 g/mol. The Morgan fingerprint density at radius 1 is 1.35 bits per heavy atom. The lowest BCUT2D eigenvalue weighted by atomic mass is 10.0. The fraction of sp³-hybridized carbons (Fsp3) is 0.500. The zero-order valence-electron chi connectivity index (χ0n) is 10.7. The molecule has 0 radical (unpaired) electrons. The highest BCUT2D eigenvalue weighted by Gasteiger charge is 2.19. The number of aryl methyl sites for hydroxylation is 1. The molecule has 0 spiro atoms. The van der Waals surface area contributed by atoms with Gasteiger partial charge >= 0.3 is 0 Å². The van der Waals surface area contributed by atoms with Gasteiger partial charge in [-0.15, -0.1) is 11.6 Å². The van der Waals surface area contributed by atoms with Gasteiger partial charge in [0.1, 0.15) is 0 Å². The van der Waals surface area contributed by atoms with Crippen molar-refractivity contribution in [2.45, 2.75) is 39.2 Å². The first kappa shape index (κ1) is 14.0. The van der Waals surface area contributed by atoms with Crippen LogP contribution in [0.5, 0.6) is 0 Å². The number of hydrogen-bond acceptors (Lipinski definition) is 1.